The molecule has 5 heteroatoms. The Morgan fingerprint density at radius 1 is 1.25 bits per heavy atom. The van der Waals surface area contributed by atoms with Crippen LogP contribution in [0.15, 0.2) is 41.2 Å². The van der Waals surface area contributed by atoms with E-state index in [9.17, 15) is 0 Å². The quantitative estimate of drug-likeness (QED) is 0.707. The van der Waals surface area contributed by atoms with Crippen LogP contribution in [0, 0.1) is 0 Å². The van der Waals surface area contributed by atoms with Gasteiger partial charge >= 0.3 is 0 Å². The third-order valence-corrected chi connectivity index (χ3v) is 5.19. The smallest absolute Gasteiger partial charge is 0.0794 e. The van der Waals surface area contributed by atoms with Crippen LogP contribution in [-0.2, 0) is 6.54 Å². The highest BCUT2D eigenvalue weighted by atomic mass is 32.1. The van der Waals surface area contributed by atoms with Crippen LogP contribution in [0.2, 0.25) is 0 Å². The fourth-order valence-electron chi connectivity index (χ4n) is 2.25. The van der Waals surface area contributed by atoms with Crippen molar-refractivity contribution >= 4 is 22.7 Å². The molecule has 1 atom stereocenters. The van der Waals surface area contributed by atoms with Crippen LogP contribution in [0.5, 0.6) is 0 Å². The van der Waals surface area contributed by atoms with Gasteiger partial charge in [0.05, 0.1) is 16.8 Å². The third-order valence-electron chi connectivity index (χ3n) is 3.32. The van der Waals surface area contributed by atoms with E-state index in [0.29, 0.717) is 6.04 Å². The van der Waals surface area contributed by atoms with Gasteiger partial charge in [-0.2, -0.15) is 5.10 Å². The molecule has 3 heterocycles. The van der Waals surface area contributed by atoms with Crippen molar-refractivity contribution in [2.45, 2.75) is 25.9 Å². The Labute approximate surface area is 126 Å². The maximum atomic E-state index is 4.19. The minimum Gasteiger partial charge on any atom is -0.305 e. The van der Waals surface area contributed by atoms with Crippen LogP contribution in [0.4, 0.5) is 0 Å². The maximum absolute atomic E-state index is 4.19. The Balaban J connectivity index is 1.71. The average molecular weight is 303 g/mol. The summed E-state index contributed by atoms with van der Waals surface area (Å²) in [6.07, 6.45) is 3.01. The summed E-state index contributed by atoms with van der Waals surface area (Å²) in [6, 6.07) is 8.92. The zero-order valence-corrected chi connectivity index (χ0v) is 12.9. The van der Waals surface area contributed by atoms with Crippen molar-refractivity contribution in [1.82, 2.24) is 15.5 Å². The van der Waals surface area contributed by atoms with Gasteiger partial charge in [-0.25, -0.2) is 0 Å². The number of hydrogen-bond donors (Lipinski definition) is 2. The van der Waals surface area contributed by atoms with E-state index in [2.05, 4.69) is 57.5 Å². The van der Waals surface area contributed by atoms with E-state index in [0.717, 1.165) is 18.7 Å². The average Bonchev–Trinajstić information content (AvgIpc) is 3.21. The molecule has 3 nitrogen and oxygen atoms in total. The summed E-state index contributed by atoms with van der Waals surface area (Å²) in [5.74, 6) is 0. The number of nitrogens with zero attached hydrogens (tertiary/aromatic N) is 1. The highest BCUT2D eigenvalue weighted by Gasteiger charge is 2.13. The van der Waals surface area contributed by atoms with E-state index in [1.807, 2.05) is 17.5 Å². The molecular weight excluding hydrogens is 286 g/mol. The first-order chi connectivity index (χ1) is 9.88. The lowest BCUT2D eigenvalue weighted by molar-refractivity contribution is 0.527. The molecular formula is C15H17N3S2. The monoisotopic (exact) mass is 303 g/mol. The van der Waals surface area contributed by atoms with Gasteiger partial charge in [0, 0.05) is 23.0 Å². The minimum atomic E-state index is 0.418. The first-order valence-corrected chi connectivity index (χ1v) is 8.47. The molecule has 0 spiro atoms. The Kier molecular flexibility index (Phi) is 4.30. The third kappa shape index (κ3) is 2.85. The van der Waals surface area contributed by atoms with Crippen LogP contribution in [-0.4, -0.2) is 10.2 Å². The molecule has 0 aromatic carbocycles. The highest BCUT2D eigenvalue weighted by molar-refractivity contribution is 7.13. The number of aromatic nitrogens is 2. The van der Waals surface area contributed by atoms with Crippen molar-refractivity contribution in [3.8, 4) is 10.6 Å². The van der Waals surface area contributed by atoms with E-state index < -0.39 is 0 Å². The summed E-state index contributed by atoms with van der Waals surface area (Å²) in [6.45, 7) is 3.05. The van der Waals surface area contributed by atoms with Crippen molar-refractivity contribution in [2.75, 3.05) is 0 Å². The minimum absolute atomic E-state index is 0.418. The maximum Gasteiger partial charge on any atom is 0.0794 e. The molecule has 3 aromatic rings. The summed E-state index contributed by atoms with van der Waals surface area (Å²) in [4.78, 5) is 2.64. The van der Waals surface area contributed by atoms with Gasteiger partial charge in [0.25, 0.3) is 0 Å². The molecule has 104 valence electrons. The van der Waals surface area contributed by atoms with Crippen molar-refractivity contribution in [2.24, 2.45) is 0 Å². The summed E-state index contributed by atoms with van der Waals surface area (Å²) in [7, 11) is 0. The first-order valence-electron chi connectivity index (χ1n) is 6.71. The van der Waals surface area contributed by atoms with Crippen LogP contribution in [0.1, 0.15) is 29.8 Å². The number of hydrogen-bond acceptors (Lipinski definition) is 4. The molecule has 0 bridgehead atoms. The van der Waals surface area contributed by atoms with Crippen molar-refractivity contribution in [3.63, 3.8) is 0 Å². The van der Waals surface area contributed by atoms with E-state index in [1.54, 1.807) is 11.3 Å². The van der Waals surface area contributed by atoms with Gasteiger partial charge in [-0.1, -0.05) is 19.1 Å². The van der Waals surface area contributed by atoms with Crippen molar-refractivity contribution in [1.29, 1.82) is 0 Å². The molecule has 1 unspecified atom stereocenters. The highest BCUT2D eigenvalue weighted by Crippen LogP contribution is 2.27. The molecule has 0 saturated heterocycles. The number of aromatic amines is 1. The van der Waals surface area contributed by atoms with Gasteiger partial charge in [-0.3, -0.25) is 5.10 Å². The lowest BCUT2D eigenvalue weighted by Gasteiger charge is -2.15. The predicted octanol–water partition coefficient (Wildman–Crippen LogP) is 4.44. The molecule has 20 heavy (non-hydrogen) atoms. The second-order valence-corrected chi connectivity index (χ2v) is 6.53. The van der Waals surface area contributed by atoms with E-state index in [-0.39, 0.29) is 0 Å². The normalized spacial score (nSPS) is 12.7. The molecule has 0 fully saturated rings. The molecule has 0 saturated carbocycles. The van der Waals surface area contributed by atoms with Crippen LogP contribution >= 0.6 is 22.7 Å². The Hall–Kier alpha value is -1.43. The van der Waals surface area contributed by atoms with Gasteiger partial charge in [-0.15, -0.1) is 22.7 Å². The Bertz CT molecular complexity index is 626. The fourth-order valence-corrected chi connectivity index (χ4v) is 3.89. The van der Waals surface area contributed by atoms with E-state index in [4.69, 9.17) is 0 Å². The van der Waals surface area contributed by atoms with Crippen LogP contribution in [0.25, 0.3) is 10.6 Å². The molecule has 3 rings (SSSR count). The SMILES string of the molecule is CCC(NCc1cn[nH]c1-c1cccs1)c1cccs1. The number of H-pyrrole nitrogens is 1. The lowest BCUT2D eigenvalue weighted by atomic mass is 10.1. The van der Waals surface area contributed by atoms with E-state index >= 15 is 0 Å². The van der Waals surface area contributed by atoms with Crippen LogP contribution < -0.4 is 5.32 Å². The molecule has 0 aliphatic rings. The van der Waals surface area contributed by atoms with Gasteiger partial charge in [0.15, 0.2) is 0 Å². The largest absolute Gasteiger partial charge is 0.305 e. The van der Waals surface area contributed by atoms with Crippen LogP contribution in [0.3, 0.4) is 0 Å². The Morgan fingerprint density at radius 2 is 2.10 bits per heavy atom. The molecule has 3 aromatic heterocycles. The lowest BCUT2D eigenvalue weighted by Crippen LogP contribution is -2.19. The first kappa shape index (κ1) is 13.5. The molecule has 0 amide bonds. The standard InChI is InChI=1S/C15H17N3S2/c1-2-12(13-5-3-7-19-13)16-9-11-10-17-18-15(11)14-6-4-8-20-14/h3-8,10,12,16H,2,9H2,1H3,(H,17,18). The summed E-state index contributed by atoms with van der Waals surface area (Å²) in [5, 5.41) is 15.2. The van der Waals surface area contributed by atoms with Crippen molar-refractivity contribution in [3.05, 3.63) is 51.7 Å². The predicted molar refractivity (Wildman–Crippen MR) is 86.1 cm³/mol. The second kappa shape index (κ2) is 6.35. The fraction of sp³-hybridized carbons (Fsp3) is 0.267. The zero-order valence-electron chi connectivity index (χ0n) is 11.3. The van der Waals surface area contributed by atoms with Gasteiger partial charge in [0.1, 0.15) is 0 Å². The second-order valence-electron chi connectivity index (χ2n) is 4.60. The van der Waals surface area contributed by atoms with Gasteiger partial charge in [0.2, 0.25) is 0 Å². The van der Waals surface area contributed by atoms with Crippen molar-refractivity contribution < 1.29 is 0 Å². The topological polar surface area (TPSA) is 40.7 Å². The van der Waals surface area contributed by atoms with Gasteiger partial charge in [-0.05, 0) is 29.3 Å². The summed E-state index contributed by atoms with van der Waals surface area (Å²) < 4.78 is 0. The number of nitrogens with one attached hydrogen (secondary N) is 2. The zero-order chi connectivity index (χ0) is 13.8. The summed E-state index contributed by atoms with van der Waals surface area (Å²) in [5.41, 5.74) is 2.36. The summed E-state index contributed by atoms with van der Waals surface area (Å²) >= 11 is 3.55. The molecule has 0 aliphatic carbocycles. The number of thiophene rings is 2. The van der Waals surface area contributed by atoms with Gasteiger partial charge < -0.3 is 5.32 Å². The number of rotatable bonds is 6. The molecule has 0 aliphatic heterocycles. The Morgan fingerprint density at radius 3 is 2.80 bits per heavy atom. The molecule has 2 N–H and O–H groups in total. The van der Waals surface area contributed by atoms with E-state index in [1.165, 1.54) is 15.3 Å². The molecule has 0 radical (unpaired) electrons.